The lowest BCUT2D eigenvalue weighted by Gasteiger charge is -2.16. The minimum atomic E-state index is 0.574. The van der Waals surface area contributed by atoms with E-state index in [9.17, 15) is 0 Å². The molecule has 0 bridgehead atoms. The summed E-state index contributed by atoms with van der Waals surface area (Å²) in [6, 6.07) is 9.50. The van der Waals surface area contributed by atoms with Gasteiger partial charge in [0.2, 0.25) is 0 Å². The number of benzene rings is 1. The van der Waals surface area contributed by atoms with Crippen LogP contribution in [0.3, 0.4) is 0 Å². The van der Waals surface area contributed by atoms with E-state index in [1.807, 2.05) is 11.3 Å². The van der Waals surface area contributed by atoms with Crippen LogP contribution in [0.5, 0.6) is 0 Å². The van der Waals surface area contributed by atoms with Crippen LogP contribution in [-0.2, 0) is 0 Å². The van der Waals surface area contributed by atoms with Crippen LogP contribution in [-0.4, -0.2) is 6.54 Å². The lowest BCUT2D eigenvalue weighted by molar-refractivity contribution is 0.539. The number of rotatable bonds is 1. The quantitative estimate of drug-likeness (QED) is 0.779. The van der Waals surface area contributed by atoms with E-state index in [4.69, 9.17) is 0 Å². The van der Waals surface area contributed by atoms with E-state index in [1.54, 1.807) is 0 Å². The molecule has 0 radical (unpaired) electrons. The Morgan fingerprint density at radius 2 is 2.12 bits per heavy atom. The molecule has 0 spiro atoms. The van der Waals surface area contributed by atoms with Crippen LogP contribution >= 0.6 is 11.3 Å². The van der Waals surface area contributed by atoms with E-state index in [0.717, 1.165) is 0 Å². The number of nitrogens with one attached hydrogen (secondary N) is 1. The average molecular weight is 231 g/mol. The Bertz CT molecular complexity index is 466. The van der Waals surface area contributed by atoms with Gasteiger partial charge in [-0.05, 0) is 41.8 Å². The molecule has 2 heteroatoms. The fourth-order valence-electron chi connectivity index (χ4n) is 2.58. The van der Waals surface area contributed by atoms with Gasteiger partial charge in [0.05, 0.1) is 0 Å². The molecule has 1 nitrogen and oxygen atoms in total. The molecule has 0 aliphatic carbocycles. The van der Waals surface area contributed by atoms with Crippen molar-refractivity contribution in [3.63, 3.8) is 0 Å². The summed E-state index contributed by atoms with van der Waals surface area (Å²) in [5.74, 6) is 0. The monoisotopic (exact) mass is 231 g/mol. The predicted octanol–water partition coefficient (Wildman–Crippen LogP) is 4.11. The van der Waals surface area contributed by atoms with Gasteiger partial charge in [-0.1, -0.05) is 31.0 Å². The van der Waals surface area contributed by atoms with Crippen molar-refractivity contribution in [2.45, 2.75) is 31.7 Å². The van der Waals surface area contributed by atoms with Crippen molar-refractivity contribution >= 4 is 21.4 Å². The molecule has 1 saturated heterocycles. The molecule has 0 saturated carbocycles. The average Bonchev–Trinajstić information content (AvgIpc) is 2.63. The summed E-state index contributed by atoms with van der Waals surface area (Å²) in [5.41, 5.74) is 1.51. The fourth-order valence-corrected chi connectivity index (χ4v) is 3.55. The molecule has 1 aromatic carbocycles. The first-order valence-corrected chi connectivity index (χ1v) is 7.02. The van der Waals surface area contributed by atoms with Crippen molar-refractivity contribution in [1.82, 2.24) is 5.32 Å². The van der Waals surface area contributed by atoms with Crippen LogP contribution in [0.25, 0.3) is 10.1 Å². The van der Waals surface area contributed by atoms with Crippen molar-refractivity contribution in [2.24, 2.45) is 0 Å². The van der Waals surface area contributed by atoms with Crippen molar-refractivity contribution in [3.05, 3.63) is 35.2 Å². The van der Waals surface area contributed by atoms with Crippen LogP contribution in [0.4, 0.5) is 0 Å². The summed E-state index contributed by atoms with van der Waals surface area (Å²) in [6.07, 6.45) is 5.36. The van der Waals surface area contributed by atoms with E-state index >= 15 is 0 Å². The maximum absolute atomic E-state index is 3.69. The standard InChI is InChI=1S/C14H17NS/c1-2-7-13(15-9-3-1)12-6-4-5-11-8-10-16-14(11)12/h4-6,8,10,13,15H,1-3,7,9H2. The van der Waals surface area contributed by atoms with Gasteiger partial charge < -0.3 is 5.32 Å². The van der Waals surface area contributed by atoms with Crippen molar-refractivity contribution in [3.8, 4) is 0 Å². The molecule has 84 valence electrons. The Hall–Kier alpha value is -0.860. The third-order valence-electron chi connectivity index (χ3n) is 3.45. The Labute approximate surface area is 100 Å². The summed E-state index contributed by atoms with van der Waals surface area (Å²) < 4.78 is 1.47. The smallest absolute Gasteiger partial charge is 0.0390 e. The van der Waals surface area contributed by atoms with Crippen molar-refractivity contribution in [2.75, 3.05) is 6.54 Å². The molecule has 3 rings (SSSR count). The minimum absolute atomic E-state index is 0.574. The summed E-state index contributed by atoms with van der Waals surface area (Å²) in [5, 5.41) is 7.28. The largest absolute Gasteiger partial charge is 0.310 e. The molecule has 2 aromatic rings. The van der Waals surface area contributed by atoms with Crippen LogP contribution < -0.4 is 5.32 Å². The lowest BCUT2D eigenvalue weighted by Crippen LogP contribution is -2.20. The van der Waals surface area contributed by atoms with E-state index in [-0.39, 0.29) is 0 Å². The highest BCUT2D eigenvalue weighted by atomic mass is 32.1. The Morgan fingerprint density at radius 1 is 1.12 bits per heavy atom. The number of thiophene rings is 1. The van der Waals surface area contributed by atoms with Gasteiger partial charge in [-0.25, -0.2) is 0 Å². The molecular formula is C14H17NS. The van der Waals surface area contributed by atoms with Gasteiger partial charge in [0, 0.05) is 10.7 Å². The molecule has 16 heavy (non-hydrogen) atoms. The van der Waals surface area contributed by atoms with Crippen LogP contribution in [0.15, 0.2) is 29.6 Å². The Morgan fingerprint density at radius 3 is 3.12 bits per heavy atom. The molecule has 1 unspecified atom stereocenters. The van der Waals surface area contributed by atoms with Crippen molar-refractivity contribution < 1.29 is 0 Å². The molecule has 1 fully saturated rings. The minimum Gasteiger partial charge on any atom is -0.310 e. The second-order valence-corrected chi connectivity index (χ2v) is 5.46. The SMILES string of the molecule is c1cc(C2CCCCCN2)c2sccc2c1. The van der Waals surface area contributed by atoms with Gasteiger partial charge in [0.1, 0.15) is 0 Å². The maximum Gasteiger partial charge on any atom is 0.0390 e. The van der Waals surface area contributed by atoms with Gasteiger partial charge in [0.25, 0.3) is 0 Å². The van der Waals surface area contributed by atoms with E-state index in [0.29, 0.717) is 6.04 Å². The van der Waals surface area contributed by atoms with E-state index < -0.39 is 0 Å². The first kappa shape index (κ1) is 10.3. The Kier molecular flexibility index (Phi) is 2.94. The molecule has 1 atom stereocenters. The summed E-state index contributed by atoms with van der Waals surface area (Å²) in [7, 11) is 0. The zero-order valence-corrected chi connectivity index (χ0v) is 10.2. The summed E-state index contributed by atoms with van der Waals surface area (Å²) in [4.78, 5) is 0. The van der Waals surface area contributed by atoms with Crippen LogP contribution in [0.2, 0.25) is 0 Å². The van der Waals surface area contributed by atoms with Gasteiger partial charge in [-0.3, -0.25) is 0 Å². The van der Waals surface area contributed by atoms with Gasteiger partial charge >= 0.3 is 0 Å². The van der Waals surface area contributed by atoms with Crippen LogP contribution in [0.1, 0.15) is 37.3 Å². The first-order chi connectivity index (χ1) is 7.95. The number of hydrogen-bond acceptors (Lipinski definition) is 2. The van der Waals surface area contributed by atoms with Crippen LogP contribution in [0, 0.1) is 0 Å². The lowest BCUT2D eigenvalue weighted by atomic mass is 10.0. The zero-order chi connectivity index (χ0) is 10.8. The molecular weight excluding hydrogens is 214 g/mol. The third kappa shape index (κ3) is 1.87. The fraction of sp³-hybridized carbons (Fsp3) is 0.429. The van der Waals surface area contributed by atoms with Gasteiger partial charge in [-0.2, -0.15) is 0 Å². The molecule has 1 N–H and O–H groups in total. The predicted molar refractivity (Wildman–Crippen MR) is 71.0 cm³/mol. The highest BCUT2D eigenvalue weighted by molar-refractivity contribution is 7.17. The first-order valence-electron chi connectivity index (χ1n) is 6.15. The second-order valence-electron chi connectivity index (χ2n) is 4.54. The summed E-state index contributed by atoms with van der Waals surface area (Å²) >= 11 is 1.87. The zero-order valence-electron chi connectivity index (χ0n) is 9.41. The number of hydrogen-bond donors (Lipinski definition) is 1. The number of fused-ring (bicyclic) bond motifs is 1. The molecule has 0 amide bonds. The highest BCUT2D eigenvalue weighted by Crippen LogP contribution is 2.32. The van der Waals surface area contributed by atoms with E-state index in [2.05, 4.69) is 35.0 Å². The second kappa shape index (κ2) is 4.56. The molecule has 1 aromatic heterocycles. The molecule has 1 aliphatic rings. The van der Waals surface area contributed by atoms with Gasteiger partial charge in [0.15, 0.2) is 0 Å². The third-order valence-corrected chi connectivity index (χ3v) is 4.42. The molecule has 2 heterocycles. The van der Waals surface area contributed by atoms with Gasteiger partial charge in [-0.15, -0.1) is 11.3 Å². The molecule has 1 aliphatic heterocycles. The normalized spacial score (nSPS) is 22.1. The van der Waals surface area contributed by atoms with E-state index in [1.165, 1.54) is 47.9 Å². The topological polar surface area (TPSA) is 12.0 Å². The summed E-state index contributed by atoms with van der Waals surface area (Å²) in [6.45, 7) is 1.17. The Balaban J connectivity index is 2.00. The highest BCUT2D eigenvalue weighted by Gasteiger charge is 2.16. The van der Waals surface area contributed by atoms with Crippen molar-refractivity contribution in [1.29, 1.82) is 0 Å². The maximum atomic E-state index is 3.69.